The van der Waals surface area contributed by atoms with Crippen molar-refractivity contribution in [1.82, 2.24) is 25.3 Å². The molecule has 0 aromatic carbocycles. The lowest BCUT2D eigenvalue weighted by Crippen LogP contribution is -2.20. The second-order valence-corrected chi connectivity index (χ2v) is 3.57. The van der Waals surface area contributed by atoms with Crippen LogP contribution in [0.4, 0.5) is 5.82 Å². The molecule has 2 aromatic rings. The van der Waals surface area contributed by atoms with Gasteiger partial charge in [0.15, 0.2) is 5.65 Å². The van der Waals surface area contributed by atoms with Crippen LogP contribution in [0.5, 0.6) is 0 Å². The van der Waals surface area contributed by atoms with Crippen molar-refractivity contribution in [3.63, 3.8) is 0 Å². The molecule has 7 nitrogen and oxygen atoms in total. The van der Waals surface area contributed by atoms with E-state index in [1.54, 1.807) is 12.1 Å². The first-order valence-electron chi connectivity index (χ1n) is 5.27. The number of anilines is 1. The molecule has 0 bridgehead atoms. The minimum Gasteiger partial charge on any atom is -0.391 e. The highest BCUT2D eigenvalue weighted by Crippen LogP contribution is 2.04. The van der Waals surface area contributed by atoms with Gasteiger partial charge in [-0.3, -0.25) is 0 Å². The summed E-state index contributed by atoms with van der Waals surface area (Å²) < 4.78 is 1.34. The summed E-state index contributed by atoms with van der Waals surface area (Å²) in [4.78, 5) is 0. The fourth-order valence-electron chi connectivity index (χ4n) is 1.40. The van der Waals surface area contributed by atoms with Crippen molar-refractivity contribution >= 4 is 11.5 Å². The Morgan fingerprint density at radius 3 is 3.19 bits per heavy atom. The molecular weight excluding hydrogens is 208 g/mol. The number of aliphatic hydroxyl groups excluding tert-OH is 1. The molecule has 7 heteroatoms. The molecule has 0 aliphatic heterocycles. The highest BCUT2D eigenvalue weighted by atomic mass is 16.3. The molecule has 16 heavy (non-hydrogen) atoms. The van der Waals surface area contributed by atoms with E-state index in [4.69, 9.17) is 0 Å². The predicted octanol–water partition coefficient (Wildman–Crippen LogP) is 0.0922. The zero-order chi connectivity index (χ0) is 11.4. The lowest BCUT2D eigenvalue weighted by atomic mass is 10.2. The molecular formula is C9H14N6O. The summed E-state index contributed by atoms with van der Waals surface area (Å²) in [5.41, 5.74) is 0.597. The van der Waals surface area contributed by atoms with Gasteiger partial charge in [-0.2, -0.15) is 0 Å². The van der Waals surface area contributed by atoms with Gasteiger partial charge in [0.2, 0.25) is 0 Å². The summed E-state index contributed by atoms with van der Waals surface area (Å²) in [5, 5.41) is 27.6. The van der Waals surface area contributed by atoms with E-state index >= 15 is 0 Å². The van der Waals surface area contributed by atoms with Gasteiger partial charge in [-0.05, 0) is 29.0 Å². The van der Waals surface area contributed by atoms with Gasteiger partial charge in [-0.15, -0.1) is 14.8 Å². The standard InChI is InChI=1S/C9H14N6O/c1-2-3-7(16)6-10-8-4-5-9-11-13-14-15(9)12-8/h4-5,7,16H,2-3,6H2,1H3,(H,10,12). The summed E-state index contributed by atoms with van der Waals surface area (Å²) in [7, 11) is 0. The largest absolute Gasteiger partial charge is 0.391 e. The van der Waals surface area contributed by atoms with Crippen LogP contribution < -0.4 is 5.32 Å². The number of tetrazole rings is 1. The van der Waals surface area contributed by atoms with Crippen LogP contribution in [0.2, 0.25) is 0 Å². The Hall–Kier alpha value is -1.76. The van der Waals surface area contributed by atoms with Gasteiger partial charge in [0.25, 0.3) is 0 Å². The van der Waals surface area contributed by atoms with Crippen molar-refractivity contribution in [2.45, 2.75) is 25.9 Å². The maximum Gasteiger partial charge on any atom is 0.200 e. The molecule has 0 aliphatic carbocycles. The van der Waals surface area contributed by atoms with Crippen LogP contribution in [0.15, 0.2) is 12.1 Å². The molecule has 2 aromatic heterocycles. The van der Waals surface area contributed by atoms with Crippen LogP contribution in [0.3, 0.4) is 0 Å². The second-order valence-electron chi connectivity index (χ2n) is 3.57. The lowest BCUT2D eigenvalue weighted by molar-refractivity contribution is 0.176. The van der Waals surface area contributed by atoms with E-state index < -0.39 is 0 Å². The number of fused-ring (bicyclic) bond motifs is 1. The first-order valence-corrected chi connectivity index (χ1v) is 5.27. The van der Waals surface area contributed by atoms with Gasteiger partial charge in [-0.25, -0.2) is 0 Å². The fourth-order valence-corrected chi connectivity index (χ4v) is 1.40. The van der Waals surface area contributed by atoms with Crippen LogP contribution >= 0.6 is 0 Å². The minimum atomic E-state index is -0.351. The number of hydrogen-bond acceptors (Lipinski definition) is 6. The molecule has 2 heterocycles. The van der Waals surface area contributed by atoms with Crippen molar-refractivity contribution in [3.05, 3.63) is 12.1 Å². The summed E-state index contributed by atoms with van der Waals surface area (Å²) in [6.07, 6.45) is 1.39. The topological polar surface area (TPSA) is 88.2 Å². The van der Waals surface area contributed by atoms with E-state index in [9.17, 15) is 5.11 Å². The molecule has 0 spiro atoms. The van der Waals surface area contributed by atoms with Gasteiger partial charge in [-0.1, -0.05) is 13.3 Å². The van der Waals surface area contributed by atoms with Gasteiger partial charge in [0.1, 0.15) is 5.82 Å². The molecule has 0 saturated carbocycles. The molecule has 0 saturated heterocycles. The Morgan fingerprint density at radius 1 is 1.50 bits per heavy atom. The Bertz CT molecular complexity index is 456. The van der Waals surface area contributed by atoms with E-state index in [1.807, 2.05) is 6.92 Å². The van der Waals surface area contributed by atoms with Crippen LogP contribution in [-0.2, 0) is 0 Å². The van der Waals surface area contributed by atoms with Crippen LogP contribution in [0, 0.1) is 0 Å². The first kappa shape index (κ1) is 10.7. The lowest BCUT2D eigenvalue weighted by Gasteiger charge is -2.10. The Balaban J connectivity index is 1.98. The molecule has 0 aliphatic rings. The zero-order valence-corrected chi connectivity index (χ0v) is 9.04. The molecule has 1 unspecified atom stereocenters. The van der Waals surface area contributed by atoms with Gasteiger partial charge >= 0.3 is 0 Å². The van der Waals surface area contributed by atoms with Gasteiger partial charge in [0, 0.05) is 6.54 Å². The third-order valence-electron chi connectivity index (χ3n) is 2.21. The monoisotopic (exact) mass is 222 g/mol. The van der Waals surface area contributed by atoms with Crippen molar-refractivity contribution in [2.24, 2.45) is 0 Å². The second kappa shape index (κ2) is 4.84. The van der Waals surface area contributed by atoms with Gasteiger partial charge in [0.05, 0.1) is 6.10 Å². The average Bonchev–Trinajstić information content (AvgIpc) is 2.74. The molecule has 2 N–H and O–H groups in total. The summed E-state index contributed by atoms with van der Waals surface area (Å²) >= 11 is 0. The van der Waals surface area contributed by atoms with E-state index in [1.165, 1.54) is 4.63 Å². The maximum absolute atomic E-state index is 9.55. The number of nitrogens with zero attached hydrogens (tertiary/aromatic N) is 5. The third kappa shape index (κ3) is 2.43. The summed E-state index contributed by atoms with van der Waals surface area (Å²) in [6, 6.07) is 3.55. The van der Waals surface area contributed by atoms with Crippen molar-refractivity contribution < 1.29 is 5.11 Å². The van der Waals surface area contributed by atoms with E-state index in [0.29, 0.717) is 18.0 Å². The van der Waals surface area contributed by atoms with Crippen LogP contribution in [0.1, 0.15) is 19.8 Å². The SMILES string of the molecule is CCCC(O)CNc1ccc2nnnn2n1. The Morgan fingerprint density at radius 2 is 2.38 bits per heavy atom. The Kier molecular flexibility index (Phi) is 3.25. The summed E-state index contributed by atoms with van der Waals surface area (Å²) in [6.45, 7) is 2.52. The number of nitrogens with one attached hydrogen (secondary N) is 1. The number of rotatable bonds is 5. The third-order valence-corrected chi connectivity index (χ3v) is 2.21. The number of hydrogen-bond donors (Lipinski definition) is 2. The smallest absolute Gasteiger partial charge is 0.200 e. The normalized spacial score (nSPS) is 12.9. The molecule has 86 valence electrons. The number of aliphatic hydroxyl groups is 1. The van der Waals surface area contributed by atoms with E-state index in [2.05, 4.69) is 25.9 Å². The highest BCUT2D eigenvalue weighted by molar-refractivity contribution is 5.42. The van der Waals surface area contributed by atoms with Crippen LogP contribution in [0.25, 0.3) is 5.65 Å². The van der Waals surface area contributed by atoms with Crippen molar-refractivity contribution in [2.75, 3.05) is 11.9 Å². The van der Waals surface area contributed by atoms with E-state index in [-0.39, 0.29) is 6.10 Å². The Labute approximate surface area is 92.5 Å². The van der Waals surface area contributed by atoms with E-state index in [0.717, 1.165) is 12.8 Å². The molecule has 2 rings (SSSR count). The molecule has 0 radical (unpaired) electrons. The predicted molar refractivity (Wildman–Crippen MR) is 58.0 cm³/mol. The minimum absolute atomic E-state index is 0.351. The fraction of sp³-hybridized carbons (Fsp3) is 0.556. The van der Waals surface area contributed by atoms with Crippen molar-refractivity contribution in [1.29, 1.82) is 0 Å². The maximum atomic E-state index is 9.55. The van der Waals surface area contributed by atoms with Gasteiger partial charge < -0.3 is 10.4 Å². The molecule has 0 amide bonds. The summed E-state index contributed by atoms with van der Waals surface area (Å²) in [5.74, 6) is 0.648. The highest BCUT2D eigenvalue weighted by Gasteiger charge is 2.04. The number of aromatic nitrogens is 5. The average molecular weight is 222 g/mol. The quantitative estimate of drug-likeness (QED) is 0.745. The molecule has 0 fully saturated rings. The molecule has 1 atom stereocenters. The van der Waals surface area contributed by atoms with Crippen molar-refractivity contribution in [3.8, 4) is 0 Å². The zero-order valence-electron chi connectivity index (χ0n) is 9.04. The van der Waals surface area contributed by atoms with Crippen LogP contribution in [-0.4, -0.2) is 43.0 Å². The first-order chi connectivity index (χ1) is 7.79.